The number of hydrogen-bond donors (Lipinski definition) is 0. The predicted octanol–water partition coefficient (Wildman–Crippen LogP) is 7.44. The largest absolute Gasteiger partial charge is 0.369 e. The Hall–Kier alpha value is -1.63. The first-order chi connectivity index (χ1) is 21.0. The number of rotatable bonds is 21. The molecule has 6 heteroatoms. The first kappa shape index (κ1) is 38.6. The third kappa shape index (κ3) is 12.6. The molecule has 0 bridgehead atoms. The van der Waals surface area contributed by atoms with Gasteiger partial charge < -0.3 is 14.7 Å². The summed E-state index contributed by atoms with van der Waals surface area (Å²) >= 11 is 0. The summed E-state index contributed by atoms with van der Waals surface area (Å²) in [5.41, 5.74) is 2.83. The molecule has 0 aliphatic carbocycles. The molecule has 0 radical (unpaired) electrons. The van der Waals surface area contributed by atoms with E-state index in [1.165, 1.54) is 89.1 Å². The van der Waals surface area contributed by atoms with Crippen molar-refractivity contribution in [2.24, 2.45) is 5.41 Å². The van der Waals surface area contributed by atoms with E-state index in [-0.39, 0.29) is 0 Å². The number of carbonyl (C=O) groups is 1. The quantitative estimate of drug-likeness (QED) is 0.0993. The van der Waals surface area contributed by atoms with E-state index in [1.807, 2.05) is 0 Å². The van der Waals surface area contributed by atoms with Crippen LogP contribution in [0.5, 0.6) is 0 Å². The zero-order valence-corrected chi connectivity index (χ0v) is 30.6. The second kappa shape index (κ2) is 19.8. The third-order valence-electron chi connectivity index (χ3n) is 10.1. The molecule has 2 heterocycles. The molecule has 0 unspecified atom stereocenters. The zero-order valence-electron chi connectivity index (χ0n) is 30.6. The van der Waals surface area contributed by atoms with Crippen LogP contribution in [0.25, 0.3) is 0 Å². The first-order valence-corrected chi connectivity index (χ1v) is 18.2. The average molecular weight is 614 g/mol. The minimum atomic E-state index is -0.439. The fourth-order valence-electron chi connectivity index (χ4n) is 6.89. The van der Waals surface area contributed by atoms with E-state index in [2.05, 4.69) is 111 Å². The van der Waals surface area contributed by atoms with Crippen molar-refractivity contribution >= 4 is 5.91 Å². The number of piperazine rings is 1. The molecule has 0 aromatic heterocycles. The Bertz CT molecular complexity index is 908. The number of amides is 1. The van der Waals surface area contributed by atoms with Crippen molar-refractivity contribution in [2.45, 2.75) is 119 Å². The van der Waals surface area contributed by atoms with E-state index >= 15 is 0 Å². The summed E-state index contributed by atoms with van der Waals surface area (Å²) in [5.74, 6) is 0.290. The Balaban J connectivity index is 1.64. The standard InChI is InChI=1S/C38H71N5O/c1-10-14-21-35(31-34(5)20-12-3)42-29-27-40(28-30-42)23-17-16-18-24-41-32-38(8,33-41)22-19-26-43(25-15-11-2)36(44)37(6,7)39(9)13-4/h10,14,21,31H,11-13,15-20,22-30,32-33H2,1-9H3/b14-10-,34-31+,35-21+. The highest BCUT2D eigenvalue weighted by molar-refractivity contribution is 5.85. The molecule has 6 nitrogen and oxygen atoms in total. The van der Waals surface area contributed by atoms with Crippen LogP contribution in [0.3, 0.4) is 0 Å². The summed E-state index contributed by atoms with van der Waals surface area (Å²) in [6, 6.07) is 0. The van der Waals surface area contributed by atoms with Gasteiger partial charge in [0.2, 0.25) is 5.91 Å². The van der Waals surface area contributed by atoms with Gasteiger partial charge in [0.1, 0.15) is 0 Å². The van der Waals surface area contributed by atoms with Crippen LogP contribution < -0.4 is 0 Å². The lowest BCUT2D eigenvalue weighted by molar-refractivity contribution is -0.142. The van der Waals surface area contributed by atoms with Crippen LogP contribution >= 0.6 is 0 Å². The van der Waals surface area contributed by atoms with Gasteiger partial charge in [-0.2, -0.15) is 0 Å². The minimum absolute atomic E-state index is 0.290. The molecule has 44 heavy (non-hydrogen) atoms. The van der Waals surface area contributed by atoms with Crippen LogP contribution in [0, 0.1) is 5.41 Å². The molecule has 2 aliphatic heterocycles. The topological polar surface area (TPSA) is 33.3 Å². The number of allylic oxidation sites excluding steroid dienone is 5. The molecule has 0 atom stereocenters. The van der Waals surface area contributed by atoms with Gasteiger partial charge in [0.05, 0.1) is 5.54 Å². The van der Waals surface area contributed by atoms with Crippen molar-refractivity contribution in [1.82, 2.24) is 24.5 Å². The molecule has 0 saturated carbocycles. The van der Waals surface area contributed by atoms with Gasteiger partial charge in [0.25, 0.3) is 0 Å². The Morgan fingerprint density at radius 1 is 0.886 bits per heavy atom. The van der Waals surface area contributed by atoms with Gasteiger partial charge >= 0.3 is 0 Å². The highest BCUT2D eigenvalue weighted by atomic mass is 16.2. The lowest BCUT2D eigenvalue weighted by Gasteiger charge is -2.49. The number of hydrogen-bond acceptors (Lipinski definition) is 5. The van der Waals surface area contributed by atoms with E-state index in [9.17, 15) is 4.79 Å². The van der Waals surface area contributed by atoms with Crippen LogP contribution in [0.1, 0.15) is 113 Å². The molecular weight excluding hydrogens is 542 g/mol. The maximum absolute atomic E-state index is 13.4. The minimum Gasteiger partial charge on any atom is -0.369 e. The van der Waals surface area contributed by atoms with Crippen LogP contribution in [0.15, 0.2) is 35.6 Å². The number of carbonyl (C=O) groups excluding carboxylic acids is 1. The molecular formula is C38H71N5O. The van der Waals surface area contributed by atoms with Crippen LogP contribution in [0.2, 0.25) is 0 Å². The van der Waals surface area contributed by atoms with Gasteiger partial charge in [-0.25, -0.2) is 0 Å². The number of likely N-dealkylation sites (N-methyl/N-ethyl adjacent to an activating group) is 1. The van der Waals surface area contributed by atoms with Crippen molar-refractivity contribution in [3.63, 3.8) is 0 Å². The van der Waals surface area contributed by atoms with Gasteiger partial charge in [-0.05, 0) is 110 Å². The van der Waals surface area contributed by atoms with Gasteiger partial charge in [-0.1, -0.05) is 64.7 Å². The lowest BCUT2D eigenvalue weighted by atomic mass is 9.77. The molecule has 2 rings (SSSR count). The summed E-state index contributed by atoms with van der Waals surface area (Å²) in [5, 5.41) is 0. The highest BCUT2D eigenvalue weighted by Gasteiger charge is 2.38. The van der Waals surface area contributed by atoms with E-state index in [0.717, 1.165) is 52.0 Å². The molecule has 254 valence electrons. The van der Waals surface area contributed by atoms with E-state index in [4.69, 9.17) is 0 Å². The smallest absolute Gasteiger partial charge is 0.242 e. The number of likely N-dealkylation sites (tertiary alicyclic amines) is 1. The van der Waals surface area contributed by atoms with E-state index in [0.29, 0.717) is 11.3 Å². The van der Waals surface area contributed by atoms with Crippen molar-refractivity contribution < 1.29 is 4.79 Å². The van der Waals surface area contributed by atoms with E-state index < -0.39 is 5.54 Å². The molecule has 1 amide bonds. The second-order valence-corrected chi connectivity index (χ2v) is 14.6. The van der Waals surface area contributed by atoms with Gasteiger partial charge in [-0.15, -0.1) is 0 Å². The molecule has 0 spiro atoms. The maximum atomic E-state index is 13.4. The molecule has 0 aromatic rings. The zero-order chi connectivity index (χ0) is 32.6. The van der Waals surface area contributed by atoms with Crippen molar-refractivity contribution in [1.29, 1.82) is 0 Å². The normalized spacial score (nSPS) is 18.8. The molecule has 2 aliphatic rings. The molecule has 2 fully saturated rings. The SMILES string of the molecule is C\C=C/C=C(\C=C(/C)CCC)N1CCN(CCCCCN2CC(C)(CCCN(CCCC)C(=O)C(C)(C)N(C)CC)C2)CC1. The fraction of sp³-hybridized carbons (Fsp3) is 0.816. The summed E-state index contributed by atoms with van der Waals surface area (Å²) in [4.78, 5) is 25.7. The lowest BCUT2D eigenvalue weighted by Crippen LogP contribution is -2.56. The Labute approximate surface area is 273 Å². The summed E-state index contributed by atoms with van der Waals surface area (Å²) in [7, 11) is 2.06. The van der Waals surface area contributed by atoms with Crippen molar-refractivity contribution in [3.05, 3.63) is 35.6 Å². The first-order valence-electron chi connectivity index (χ1n) is 18.2. The third-order valence-corrected chi connectivity index (χ3v) is 10.1. The fourth-order valence-corrected chi connectivity index (χ4v) is 6.89. The van der Waals surface area contributed by atoms with Crippen LogP contribution in [-0.2, 0) is 4.79 Å². The monoisotopic (exact) mass is 614 g/mol. The van der Waals surface area contributed by atoms with Crippen LogP contribution in [-0.4, -0.2) is 115 Å². The number of nitrogens with zero attached hydrogens (tertiary/aromatic N) is 5. The summed E-state index contributed by atoms with van der Waals surface area (Å²) < 4.78 is 0. The second-order valence-electron chi connectivity index (χ2n) is 14.6. The molecule has 0 N–H and O–H groups in total. The van der Waals surface area contributed by atoms with E-state index in [1.54, 1.807) is 0 Å². The molecule has 2 saturated heterocycles. The molecule has 0 aromatic carbocycles. The summed E-state index contributed by atoms with van der Waals surface area (Å²) in [6.45, 7) is 29.8. The van der Waals surface area contributed by atoms with Crippen molar-refractivity contribution in [2.75, 3.05) is 79.0 Å². The Morgan fingerprint density at radius 2 is 1.52 bits per heavy atom. The van der Waals surface area contributed by atoms with Gasteiger partial charge in [0.15, 0.2) is 0 Å². The number of unbranched alkanes of at least 4 members (excludes halogenated alkanes) is 3. The van der Waals surface area contributed by atoms with Crippen molar-refractivity contribution in [3.8, 4) is 0 Å². The van der Waals surface area contributed by atoms with Gasteiger partial charge in [-0.3, -0.25) is 14.6 Å². The van der Waals surface area contributed by atoms with Gasteiger partial charge in [0, 0.05) is 58.1 Å². The highest BCUT2D eigenvalue weighted by Crippen LogP contribution is 2.35. The summed E-state index contributed by atoms with van der Waals surface area (Å²) in [6.07, 6.45) is 19.9. The van der Waals surface area contributed by atoms with Crippen LogP contribution in [0.4, 0.5) is 0 Å². The Morgan fingerprint density at radius 3 is 2.11 bits per heavy atom. The maximum Gasteiger partial charge on any atom is 0.242 e. The average Bonchev–Trinajstić information content (AvgIpc) is 2.99. The Kier molecular flexibility index (Phi) is 17.3. The predicted molar refractivity (Wildman–Crippen MR) is 191 cm³/mol.